The third-order valence-electron chi connectivity index (χ3n) is 4.97. The zero-order chi connectivity index (χ0) is 23.8. The fourth-order valence-electron chi connectivity index (χ4n) is 3.23. The number of carbonyl (C=O) groups is 2. The van der Waals surface area contributed by atoms with Crippen molar-refractivity contribution >= 4 is 28.3 Å². The molecule has 0 saturated carbocycles. The molecule has 4 rings (SSSR count). The fraction of sp³-hybridized carbons (Fsp3) is 0.250. The van der Waals surface area contributed by atoms with Crippen LogP contribution >= 0.6 is 11.3 Å². The van der Waals surface area contributed by atoms with Crippen molar-refractivity contribution in [3.05, 3.63) is 65.6 Å². The second-order valence-electron chi connectivity index (χ2n) is 7.62. The molecule has 3 aromatic heterocycles. The van der Waals surface area contributed by atoms with Gasteiger partial charge in [0, 0.05) is 55.2 Å². The number of nitrogens with zero attached hydrogens (tertiary/aromatic N) is 4. The Morgan fingerprint density at radius 1 is 1.06 bits per heavy atom. The van der Waals surface area contributed by atoms with Crippen molar-refractivity contribution < 1.29 is 14.1 Å². The molecule has 2 amide bonds. The van der Waals surface area contributed by atoms with E-state index >= 15 is 0 Å². The van der Waals surface area contributed by atoms with Gasteiger partial charge in [-0.25, -0.2) is 4.98 Å². The van der Waals surface area contributed by atoms with Gasteiger partial charge in [0.05, 0.1) is 5.69 Å². The second kappa shape index (κ2) is 11.3. The van der Waals surface area contributed by atoms with Gasteiger partial charge in [-0.15, -0.1) is 11.3 Å². The van der Waals surface area contributed by atoms with Gasteiger partial charge in [0.15, 0.2) is 5.13 Å². The maximum Gasteiger partial charge on any atom is 0.227 e. The van der Waals surface area contributed by atoms with E-state index in [0.29, 0.717) is 29.8 Å². The Hall–Kier alpha value is -3.92. The molecule has 1 aromatic carbocycles. The van der Waals surface area contributed by atoms with Crippen LogP contribution in [0.4, 0.5) is 5.13 Å². The van der Waals surface area contributed by atoms with Gasteiger partial charge in [0.2, 0.25) is 23.5 Å². The molecule has 0 spiro atoms. The number of amides is 2. The molecule has 9 nitrogen and oxygen atoms in total. The maximum absolute atomic E-state index is 12.3. The summed E-state index contributed by atoms with van der Waals surface area (Å²) >= 11 is 1.38. The summed E-state index contributed by atoms with van der Waals surface area (Å²) in [4.78, 5) is 36.1. The third-order valence-corrected chi connectivity index (χ3v) is 5.73. The highest BCUT2D eigenvalue weighted by molar-refractivity contribution is 7.14. The van der Waals surface area contributed by atoms with E-state index < -0.39 is 0 Å². The molecule has 0 aliphatic heterocycles. The molecule has 0 saturated heterocycles. The van der Waals surface area contributed by atoms with E-state index in [0.717, 1.165) is 29.7 Å². The summed E-state index contributed by atoms with van der Waals surface area (Å²) in [6.07, 6.45) is 5.65. The number of benzene rings is 1. The Labute approximate surface area is 200 Å². The van der Waals surface area contributed by atoms with E-state index in [1.165, 1.54) is 23.8 Å². The Balaban J connectivity index is 1.25. The fourth-order valence-corrected chi connectivity index (χ4v) is 3.97. The number of aryl methyl sites for hydroxylation is 2. The van der Waals surface area contributed by atoms with Crippen molar-refractivity contribution in [2.45, 2.75) is 32.6 Å². The average Bonchev–Trinajstić information content (AvgIpc) is 3.51. The lowest BCUT2D eigenvalue weighted by Crippen LogP contribution is -2.21. The number of pyridine rings is 1. The summed E-state index contributed by atoms with van der Waals surface area (Å²) < 4.78 is 5.23. The summed E-state index contributed by atoms with van der Waals surface area (Å²) in [7, 11) is 0. The minimum absolute atomic E-state index is 0.00798. The lowest BCUT2D eigenvalue weighted by molar-refractivity contribution is -0.119. The highest BCUT2D eigenvalue weighted by atomic mass is 32.1. The summed E-state index contributed by atoms with van der Waals surface area (Å²) in [6.45, 7) is 2.19. The molecule has 34 heavy (non-hydrogen) atoms. The predicted octanol–water partition coefficient (Wildman–Crippen LogP) is 3.90. The van der Waals surface area contributed by atoms with E-state index in [1.54, 1.807) is 18.5 Å². The standard InChI is InChI=1S/C24H24N6O3S/c1-16(31)26-13-2-4-17-6-8-18(9-7-17)20-15-34-24(27-20)28-21(32)10-11-22-29-23(30-33-22)19-5-3-12-25-14-19/h3,5-9,12,14-15H,2,4,10-11,13H2,1H3,(H,26,31)(H,27,28,32). The summed E-state index contributed by atoms with van der Waals surface area (Å²) in [6, 6.07) is 11.8. The Morgan fingerprint density at radius 3 is 2.68 bits per heavy atom. The minimum atomic E-state index is -0.170. The minimum Gasteiger partial charge on any atom is -0.356 e. The van der Waals surface area contributed by atoms with Crippen molar-refractivity contribution in [1.82, 2.24) is 25.4 Å². The Morgan fingerprint density at radius 2 is 1.91 bits per heavy atom. The number of rotatable bonds is 10. The normalized spacial score (nSPS) is 10.7. The first-order chi connectivity index (χ1) is 16.6. The highest BCUT2D eigenvalue weighted by Gasteiger charge is 2.12. The molecule has 10 heteroatoms. The Bertz CT molecular complexity index is 1240. The third kappa shape index (κ3) is 6.55. The zero-order valence-electron chi connectivity index (χ0n) is 18.7. The number of carbonyl (C=O) groups excluding carboxylic acids is 2. The maximum atomic E-state index is 12.3. The van der Waals surface area contributed by atoms with Crippen LogP contribution in [0, 0.1) is 0 Å². The highest BCUT2D eigenvalue weighted by Crippen LogP contribution is 2.25. The van der Waals surface area contributed by atoms with Crippen LogP contribution in [0.25, 0.3) is 22.6 Å². The predicted molar refractivity (Wildman–Crippen MR) is 129 cm³/mol. The van der Waals surface area contributed by atoms with Gasteiger partial charge in [0.25, 0.3) is 0 Å². The number of thiazole rings is 1. The molecule has 2 N–H and O–H groups in total. The van der Waals surface area contributed by atoms with E-state index in [-0.39, 0.29) is 18.2 Å². The van der Waals surface area contributed by atoms with Crippen molar-refractivity contribution in [1.29, 1.82) is 0 Å². The summed E-state index contributed by atoms with van der Waals surface area (Å²) in [5, 5.41) is 12.0. The summed E-state index contributed by atoms with van der Waals surface area (Å²) in [5.41, 5.74) is 3.75. The van der Waals surface area contributed by atoms with Crippen LogP contribution in [0.3, 0.4) is 0 Å². The summed E-state index contributed by atoms with van der Waals surface area (Å²) in [5.74, 6) is 0.667. The monoisotopic (exact) mass is 476 g/mol. The van der Waals surface area contributed by atoms with E-state index in [2.05, 4.69) is 42.9 Å². The van der Waals surface area contributed by atoms with Gasteiger partial charge in [-0.2, -0.15) is 4.98 Å². The molecule has 4 aromatic rings. The number of hydrogen-bond acceptors (Lipinski definition) is 8. The SMILES string of the molecule is CC(=O)NCCCc1ccc(-c2csc(NC(=O)CCc3nc(-c4cccnc4)no3)n2)cc1. The van der Waals surface area contributed by atoms with Crippen LogP contribution in [0.15, 0.2) is 58.7 Å². The molecular formula is C24H24N6O3S. The number of aromatic nitrogens is 4. The van der Waals surface area contributed by atoms with Gasteiger partial charge >= 0.3 is 0 Å². The first-order valence-corrected chi connectivity index (χ1v) is 11.8. The van der Waals surface area contributed by atoms with E-state index in [4.69, 9.17) is 4.52 Å². The number of anilines is 1. The molecule has 0 radical (unpaired) electrons. The van der Waals surface area contributed by atoms with Crippen molar-refractivity contribution in [2.75, 3.05) is 11.9 Å². The molecule has 0 aliphatic carbocycles. The zero-order valence-corrected chi connectivity index (χ0v) is 19.5. The van der Waals surface area contributed by atoms with Crippen molar-refractivity contribution in [3.8, 4) is 22.6 Å². The number of nitrogens with one attached hydrogen (secondary N) is 2. The number of hydrogen-bond donors (Lipinski definition) is 2. The molecule has 0 atom stereocenters. The van der Waals surface area contributed by atoms with Crippen molar-refractivity contribution in [3.63, 3.8) is 0 Å². The molecule has 174 valence electrons. The quantitative estimate of drug-likeness (QED) is 0.333. The van der Waals surface area contributed by atoms with Crippen LogP contribution in [0.2, 0.25) is 0 Å². The van der Waals surface area contributed by atoms with Crippen LogP contribution < -0.4 is 10.6 Å². The molecule has 0 aliphatic rings. The Kier molecular flexibility index (Phi) is 7.71. The van der Waals surface area contributed by atoms with Gasteiger partial charge in [-0.05, 0) is 30.5 Å². The van der Waals surface area contributed by atoms with Crippen molar-refractivity contribution in [2.24, 2.45) is 0 Å². The van der Waals surface area contributed by atoms with Crippen LogP contribution in [0.5, 0.6) is 0 Å². The van der Waals surface area contributed by atoms with E-state index in [1.807, 2.05) is 23.6 Å². The van der Waals surface area contributed by atoms with Crippen LogP contribution in [-0.4, -0.2) is 38.5 Å². The van der Waals surface area contributed by atoms with Gasteiger partial charge in [-0.3, -0.25) is 14.6 Å². The average molecular weight is 477 g/mol. The largest absolute Gasteiger partial charge is 0.356 e. The van der Waals surface area contributed by atoms with Crippen LogP contribution in [-0.2, 0) is 22.4 Å². The topological polar surface area (TPSA) is 123 Å². The smallest absolute Gasteiger partial charge is 0.227 e. The van der Waals surface area contributed by atoms with Crippen LogP contribution in [0.1, 0.15) is 31.2 Å². The second-order valence-corrected chi connectivity index (χ2v) is 8.48. The first kappa shape index (κ1) is 23.2. The van der Waals surface area contributed by atoms with E-state index in [9.17, 15) is 9.59 Å². The molecule has 3 heterocycles. The lowest BCUT2D eigenvalue weighted by atomic mass is 10.1. The van der Waals surface area contributed by atoms with Gasteiger partial charge in [-0.1, -0.05) is 29.4 Å². The molecule has 0 unspecified atom stereocenters. The van der Waals surface area contributed by atoms with Gasteiger partial charge < -0.3 is 15.2 Å². The van der Waals surface area contributed by atoms with Gasteiger partial charge in [0.1, 0.15) is 0 Å². The molecule has 0 bridgehead atoms. The first-order valence-electron chi connectivity index (χ1n) is 10.9. The molecule has 0 fully saturated rings. The molecular weight excluding hydrogens is 452 g/mol. The lowest BCUT2D eigenvalue weighted by Gasteiger charge is -2.04.